The second-order valence-electron chi connectivity index (χ2n) is 6.24. The highest BCUT2D eigenvalue weighted by Crippen LogP contribution is 2.22. The summed E-state index contributed by atoms with van der Waals surface area (Å²) in [5.41, 5.74) is 2.24. The molecule has 9 heteroatoms. The van der Waals surface area contributed by atoms with Gasteiger partial charge in [-0.05, 0) is 37.1 Å². The van der Waals surface area contributed by atoms with Gasteiger partial charge in [0, 0.05) is 18.9 Å². The van der Waals surface area contributed by atoms with Crippen molar-refractivity contribution in [2.24, 2.45) is 0 Å². The van der Waals surface area contributed by atoms with E-state index in [9.17, 15) is 22.8 Å². The molecule has 6 nitrogen and oxygen atoms in total. The molecular formula is C19H20F3N3O3. The lowest BCUT2D eigenvalue weighted by Gasteiger charge is -2.19. The van der Waals surface area contributed by atoms with Crippen LogP contribution in [0, 0.1) is 13.8 Å². The molecule has 1 aromatic heterocycles. The molecular weight excluding hydrogens is 375 g/mol. The van der Waals surface area contributed by atoms with Crippen molar-refractivity contribution in [2.45, 2.75) is 20.0 Å². The average Bonchev–Trinajstić information content (AvgIpc) is 2.62. The number of carbonyl (C=O) groups is 2. The Morgan fingerprint density at radius 3 is 2.39 bits per heavy atom. The quantitative estimate of drug-likeness (QED) is 0.814. The SMILES string of the molecule is Cc1cccc(C)c1NC(=O)CN(C)C(=O)c1cccnc1OCC(F)(F)F. The number of hydrogen-bond acceptors (Lipinski definition) is 4. The van der Waals surface area contributed by atoms with Crippen LogP contribution in [0.25, 0.3) is 0 Å². The molecule has 2 amide bonds. The van der Waals surface area contributed by atoms with Gasteiger partial charge in [-0.25, -0.2) is 4.98 Å². The number of aromatic nitrogens is 1. The number of rotatable bonds is 6. The minimum Gasteiger partial charge on any atom is -0.467 e. The molecule has 2 aromatic rings. The van der Waals surface area contributed by atoms with E-state index in [1.807, 2.05) is 32.0 Å². The zero-order valence-electron chi connectivity index (χ0n) is 15.6. The summed E-state index contributed by atoms with van der Waals surface area (Å²) in [5, 5.41) is 2.75. The number of nitrogens with zero attached hydrogens (tertiary/aromatic N) is 2. The molecule has 0 atom stereocenters. The Kier molecular flexibility index (Phi) is 6.61. The molecule has 0 unspecified atom stereocenters. The van der Waals surface area contributed by atoms with Gasteiger partial charge in [-0.1, -0.05) is 18.2 Å². The number of para-hydroxylation sites is 1. The molecule has 1 aromatic carbocycles. The van der Waals surface area contributed by atoms with Crippen molar-refractivity contribution < 1.29 is 27.5 Å². The zero-order valence-corrected chi connectivity index (χ0v) is 15.6. The standard InChI is InChI=1S/C19H20F3N3O3/c1-12-6-4-7-13(2)16(12)24-15(26)10-25(3)18(27)14-8-5-9-23-17(14)28-11-19(20,21)22/h4-9H,10-11H2,1-3H3,(H,24,26). The van der Waals surface area contributed by atoms with Crippen LogP contribution in [0.2, 0.25) is 0 Å². The molecule has 0 saturated heterocycles. The number of aryl methyl sites for hydroxylation is 2. The maximum Gasteiger partial charge on any atom is 0.422 e. The van der Waals surface area contributed by atoms with Crippen LogP contribution in [0.4, 0.5) is 18.9 Å². The van der Waals surface area contributed by atoms with Crippen LogP contribution in [0.5, 0.6) is 5.88 Å². The largest absolute Gasteiger partial charge is 0.467 e. The minimum absolute atomic E-state index is 0.158. The van der Waals surface area contributed by atoms with Gasteiger partial charge >= 0.3 is 6.18 Å². The summed E-state index contributed by atoms with van der Waals surface area (Å²) in [5.74, 6) is -1.55. The van der Waals surface area contributed by atoms with Crippen molar-refractivity contribution in [1.29, 1.82) is 0 Å². The van der Waals surface area contributed by atoms with Crippen LogP contribution in [0.1, 0.15) is 21.5 Å². The lowest BCUT2D eigenvalue weighted by molar-refractivity contribution is -0.154. The molecule has 2 rings (SSSR count). The van der Waals surface area contributed by atoms with Crippen molar-refractivity contribution in [1.82, 2.24) is 9.88 Å². The van der Waals surface area contributed by atoms with Gasteiger partial charge in [0.1, 0.15) is 5.56 Å². The molecule has 0 radical (unpaired) electrons. The maximum absolute atomic E-state index is 12.6. The van der Waals surface area contributed by atoms with E-state index in [1.165, 1.54) is 25.4 Å². The van der Waals surface area contributed by atoms with Crippen LogP contribution in [-0.4, -0.2) is 48.1 Å². The van der Waals surface area contributed by atoms with Crippen LogP contribution < -0.4 is 10.1 Å². The number of pyridine rings is 1. The number of alkyl halides is 3. The number of benzene rings is 1. The molecule has 28 heavy (non-hydrogen) atoms. The van der Waals surface area contributed by atoms with Gasteiger partial charge in [0.25, 0.3) is 5.91 Å². The molecule has 0 saturated carbocycles. The van der Waals surface area contributed by atoms with Crippen LogP contribution in [0.15, 0.2) is 36.5 Å². The topological polar surface area (TPSA) is 71.5 Å². The van der Waals surface area contributed by atoms with Crippen molar-refractivity contribution in [3.8, 4) is 5.88 Å². The summed E-state index contributed by atoms with van der Waals surface area (Å²) < 4.78 is 41.7. The number of carbonyl (C=O) groups excluding carboxylic acids is 2. The number of hydrogen-bond donors (Lipinski definition) is 1. The molecule has 0 aliphatic carbocycles. The van der Waals surface area contributed by atoms with E-state index in [4.69, 9.17) is 0 Å². The first-order valence-electron chi connectivity index (χ1n) is 8.34. The third-order valence-electron chi connectivity index (χ3n) is 3.85. The number of amides is 2. The Labute approximate surface area is 160 Å². The van der Waals surface area contributed by atoms with Crippen LogP contribution in [-0.2, 0) is 4.79 Å². The van der Waals surface area contributed by atoms with E-state index < -0.39 is 30.5 Å². The van der Waals surface area contributed by atoms with E-state index in [-0.39, 0.29) is 12.1 Å². The van der Waals surface area contributed by atoms with Gasteiger partial charge in [0.15, 0.2) is 6.61 Å². The fourth-order valence-corrected chi connectivity index (χ4v) is 2.50. The van der Waals surface area contributed by atoms with Gasteiger partial charge in [0.2, 0.25) is 11.8 Å². The van der Waals surface area contributed by atoms with E-state index in [0.717, 1.165) is 16.0 Å². The fourth-order valence-electron chi connectivity index (χ4n) is 2.50. The fraction of sp³-hybridized carbons (Fsp3) is 0.316. The number of anilines is 1. The summed E-state index contributed by atoms with van der Waals surface area (Å²) in [6, 6.07) is 8.24. The molecule has 0 aliphatic heterocycles. The van der Waals surface area contributed by atoms with Gasteiger partial charge in [-0.15, -0.1) is 0 Å². The monoisotopic (exact) mass is 395 g/mol. The van der Waals surface area contributed by atoms with Gasteiger partial charge in [-0.3, -0.25) is 9.59 Å². The normalized spacial score (nSPS) is 11.1. The first-order chi connectivity index (χ1) is 13.1. The third-order valence-corrected chi connectivity index (χ3v) is 3.85. The summed E-state index contributed by atoms with van der Waals surface area (Å²) in [6.07, 6.45) is -3.34. The summed E-state index contributed by atoms with van der Waals surface area (Å²) in [7, 11) is 1.37. The molecule has 1 heterocycles. The maximum atomic E-state index is 12.6. The Morgan fingerprint density at radius 1 is 1.14 bits per heavy atom. The summed E-state index contributed by atoms with van der Waals surface area (Å²) >= 11 is 0. The molecule has 0 fully saturated rings. The second kappa shape index (κ2) is 8.73. The zero-order chi connectivity index (χ0) is 20.9. The minimum atomic E-state index is -4.56. The van der Waals surface area contributed by atoms with Crippen molar-refractivity contribution in [3.05, 3.63) is 53.2 Å². The molecule has 0 aliphatic rings. The Hall–Kier alpha value is -3.10. The first-order valence-corrected chi connectivity index (χ1v) is 8.34. The van der Waals surface area contributed by atoms with E-state index in [2.05, 4.69) is 15.0 Å². The van der Waals surface area contributed by atoms with Crippen LogP contribution in [0.3, 0.4) is 0 Å². The van der Waals surface area contributed by atoms with Gasteiger partial charge in [-0.2, -0.15) is 13.2 Å². The smallest absolute Gasteiger partial charge is 0.422 e. The highest BCUT2D eigenvalue weighted by atomic mass is 19.4. The predicted molar refractivity (Wildman–Crippen MR) is 97.3 cm³/mol. The summed E-state index contributed by atoms with van der Waals surface area (Å²) in [4.78, 5) is 29.6. The van der Waals surface area contributed by atoms with Crippen molar-refractivity contribution in [3.63, 3.8) is 0 Å². The number of ether oxygens (including phenoxy) is 1. The van der Waals surface area contributed by atoms with Gasteiger partial charge < -0.3 is 15.0 Å². The Morgan fingerprint density at radius 2 is 1.79 bits per heavy atom. The third kappa shape index (κ3) is 5.70. The Balaban J connectivity index is 2.07. The van der Waals surface area contributed by atoms with Crippen molar-refractivity contribution in [2.75, 3.05) is 25.5 Å². The molecule has 1 N–H and O–H groups in total. The second-order valence-corrected chi connectivity index (χ2v) is 6.24. The number of likely N-dealkylation sites (N-methyl/N-ethyl adjacent to an activating group) is 1. The average molecular weight is 395 g/mol. The first kappa shape index (κ1) is 21.2. The Bertz CT molecular complexity index is 849. The van der Waals surface area contributed by atoms with E-state index in [0.29, 0.717) is 5.69 Å². The van der Waals surface area contributed by atoms with Gasteiger partial charge in [0.05, 0.1) is 6.54 Å². The summed E-state index contributed by atoms with van der Waals surface area (Å²) in [6.45, 7) is 1.83. The predicted octanol–water partition coefficient (Wildman–Crippen LogP) is 3.35. The van der Waals surface area contributed by atoms with E-state index in [1.54, 1.807) is 0 Å². The molecule has 150 valence electrons. The number of halogens is 3. The molecule has 0 spiro atoms. The van der Waals surface area contributed by atoms with Crippen LogP contribution >= 0.6 is 0 Å². The lowest BCUT2D eigenvalue weighted by atomic mass is 10.1. The van der Waals surface area contributed by atoms with E-state index >= 15 is 0 Å². The lowest BCUT2D eigenvalue weighted by Crippen LogP contribution is -2.35. The highest BCUT2D eigenvalue weighted by Gasteiger charge is 2.30. The highest BCUT2D eigenvalue weighted by molar-refractivity contribution is 6.00. The molecule has 0 bridgehead atoms. The number of nitrogens with one attached hydrogen (secondary N) is 1. The van der Waals surface area contributed by atoms with Crippen molar-refractivity contribution >= 4 is 17.5 Å².